The lowest BCUT2D eigenvalue weighted by Gasteiger charge is -1.97. The molecule has 2 aromatic rings. The van der Waals surface area contributed by atoms with E-state index in [0.29, 0.717) is 22.2 Å². The zero-order chi connectivity index (χ0) is 13.9. The first-order chi connectivity index (χ1) is 9.72. The Morgan fingerprint density at radius 1 is 1.10 bits per heavy atom. The lowest BCUT2D eigenvalue weighted by atomic mass is 10.2. The third kappa shape index (κ3) is 2.60. The van der Waals surface area contributed by atoms with Crippen LogP contribution in [-0.4, -0.2) is 16.7 Å². The molecule has 4 nitrogen and oxygen atoms in total. The van der Waals surface area contributed by atoms with E-state index >= 15 is 0 Å². The average molecular weight is 284 g/mol. The molecule has 1 aliphatic heterocycles. The Hall–Kier alpha value is -2.46. The Morgan fingerprint density at radius 2 is 1.90 bits per heavy atom. The number of nitrogens with one attached hydrogen (secondary N) is 1. The van der Waals surface area contributed by atoms with Crippen molar-refractivity contribution in [3.8, 4) is 0 Å². The van der Waals surface area contributed by atoms with Crippen LogP contribution in [0.4, 0.5) is 0 Å². The first-order valence-electron chi connectivity index (χ1n) is 6.01. The van der Waals surface area contributed by atoms with Gasteiger partial charge in [-0.1, -0.05) is 29.8 Å². The van der Waals surface area contributed by atoms with Crippen LogP contribution in [0.5, 0.6) is 0 Å². The highest BCUT2D eigenvalue weighted by Crippen LogP contribution is 2.16. The second-order valence-electron chi connectivity index (χ2n) is 4.21. The zero-order valence-electron chi connectivity index (χ0n) is 10.4. The molecule has 0 radical (unpaired) electrons. The van der Waals surface area contributed by atoms with Crippen LogP contribution in [0.2, 0.25) is 5.02 Å². The summed E-state index contributed by atoms with van der Waals surface area (Å²) in [5.41, 5.74) is 1.86. The largest absolute Gasteiger partial charge is 0.303 e. The molecule has 1 N–H and O–H groups in total. The number of halogens is 1. The summed E-state index contributed by atoms with van der Waals surface area (Å²) in [6.45, 7) is 0. The Bertz CT molecular complexity index is 706. The number of hydrogen-bond donors (Lipinski definition) is 1. The maximum atomic E-state index is 11.9. The number of aliphatic imine (C=N–C) groups is 1. The van der Waals surface area contributed by atoms with Gasteiger partial charge in [-0.25, -0.2) is 4.99 Å². The fraction of sp³-hybridized carbons (Fsp3) is 0. The predicted octanol–water partition coefficient (Wildman–Crippen LogP) is 2.65. The van der Waals surface area contributed by atoms with Gasteiger partial charge in [0.2, 0.25) is 0 Å². The van der Waals surface area contributed by atoms with E-state index in [0.717, 1.165) is 5.56 Å². The zero-order valence-corrected chi connectivity index (χ0v) is 11.1. The molecule has 0 atom stereocenters. The molecule has 0 saturated carbocycles. The Balaban J connectivity index is 1.92. The highest BCUT2D eigenvalue weighted by Gasteiger charge is 2.21. The number of nitrogens with zero attached hydrogens (tertiary/aromatic N) is 2. The summed E-state index contributed by atoms with van der Waals surface area (Å²) in [6.07, 6.45) is 3.37. The molecule has 0 unspecified atom stereocenters. The fourth-order valence-corrected chi connectivity index (χ4v) is 1.94. The second-order valence-corrected chi connectivity index (χ2v) is 4.65. The number of benzene rings is 1. The smallest absolute Gasteiger partial charge is 0.275 e. The molecular weight excluding hydrogens is 274 g/mol. The maximum absolute atomic E-state index is 11.9. The highest BCUT2D eigenvalue weighted by molar-refractivity contribution is 6.30. The van der Waals surface area contributed by atoms with E-state index in [9.17, 15) is 4.79 Å². The Labute approximate surface area is 120 Å². The number of aromatic nitrogens is 1. The third-order valence-corrected chi connectivity index (χ3v) is 3.03. The number of carbonyl (C=O) groups excluding carboxylic acids is 1. The van der Waals surface area contributed by atoms with Crippen molar-refractivity contribution >= 4 is 29.4 Å². The molecule has 20 heavy (non-hydrogen) atoms. The molecule has 0 saturated heterocycles. The molecule has 0 aliphatic carbocycles. The van der Waals surface area contributed by atoms with E-state index in [1.807, 2.05) is 24.3 Å². The van der Waals surface area contributed by atoms with Crippen molar-refractivity contribution in [3.05, 3.63) is 70.6 Å². The number of pyridine rings is 1. The number of amides is 1. The van der Waals surface area contributed by atoms with Crippen LogP contribution in [0.1, 0.15) is 11.3 Å². The Kier molecular flexibility index (Phi) is 3.31. The predicted molar refractivity (Wildman–Crippen MR) is 78.3 cm³/mol. The van der Waals surface area contributed by atoms with E-state index < -0.39 is 0 Å². The SMILES string of the molecule is O=C1NC(c2ccccn2)=N/C1=C/c1ccc(Cl)cc1. The van der Waals surface area contributed by atoms with Crippen LogP contribution in [-0.2, 0) is 4.79 Å². The minimum atomic E-state index is -0.236. The van der Waals surface area contributed by atoms with E-state index in [1.165, 1.54) is 0 Å². The van der Waals surface area contributed by atoms with Crippen molar-refractivity contribution in [1.29, 1.82) is 0 Å². The van der Waals surface area contributed by atoms with Gasteiger partial charge in [0.25, 0.3) is 5.91 Å². The number of rotatable bonds is 2. The van der Waals surface area contributed by atoms with Gasteiger partial charge in [0, 0.05) is 11.2 Å². The normalized spacial score (nSPS) is 16.1. The molecule has 0 bridgehead atoms. The molecule has 0 spiro atoms. The molecule has 1 amide bonds. The third-order valence-electron chi connectivity index (χ3n) is 2.78. The standard InChI is InChI=1S/C15H10ClN3O/c16-11-6-4-10(5-7-11)9-13-15(20)19-14(18-13)12-3-1-2-8-17-12/h1-9H,(H,18,19,20)/b13-9+. The summed E-state index contributed by atoms with van der Waals surface area (Å²) < 4.78 is 0. The number of hydrogen-bond acceptors (Lipinski definition) is 3. The van der Waals surface area contributed by atoms with Crippen molar-refractivity contribution in [2.45, 2.75) is 0 Å². The molecule has 98 valence electrons. The Morgan fingerprint density at radius 3 is 2.60 bits per heavy atom. The van der Waals surface area contributed by atoms with E-state index in [-0.39, 0.29) is 5.91 Å². The lowest BCUT2D eigenvalue weighted by Crippen LogP contribution is -2.25. The minimum absolute atomic E-state index is 0.236. The molecule has 3 rings (SSSR count). The van der Waals surface area contributed by atoms with Crippen LogP contribution in [0.15, 0.2) is 59.4 Å². The van der Waals surface area contributed by atoms with E-state index in [2.05, 4.69) is 15.3 Å². The van der Waals surface area contributed by atoms with Crippen molar-refractivity contribution in [2.75, 3.05) is 0 Å². The molecular formula is C15H10ClN3O. The van der Waals surface area contributed by atoms with Crippen molar-refractivity contribution in [1.82, 2.24) is 10.3 Å². The molecule has 5 heteroatoms. The first kappa shape index (κ1) is 12.6. The van der Waals surface area contributed by atoms with Gasteiger partial charge in [-0.15, -0.1) is 0 Å². The van der Waals surface area contributed by atoms with Gasteiger partial charge in [-0.2, -0.15) is 0 Å². The van der Waals surface area contributed by atoms with Crippen LogP contribution < -0.4 is 5.32 Å². The van der Waals surface area contributed by atoms with Crippen LogP contribution in [0.3, 0.4) is 0 Å². The average Bonchev–Trinajstić information content (AvgIpc) is 2.84. The summed E-state index contributed by atoms with van der Waals surface area (Å²) in [4.78, 5) is 20.3. The summed E-state index contributed by atoms with van der Waals surface area (Å²) in [6, 6.07) is 12.6. The summed E-state index contributed by atoms with van der Waals surface area (Å²) in [7, 11) is 0. The summed E-state index contributed by atoms with van der Waals surface area (Å²) in [5, 5.41) is 3.36. The van der Waals surface area contributed by atoms with Gasteiger partial charge in [0.05, 0.1) is 0 Å². The number of carbonyl (C=O) groups is 1. The second kappa shape index (κ2) is 5.27. The van der Waals surface area contributed by atoms with Gasteiger partial charge in [-0.05, 0) is 35.9 Å². The van der Waals surface area contributed by atoms with Gasteiger partial charge < -0.3 is 5.32 Å². The van der Waals surface area contributed by atoms with Crippen LogP contribution in [0.25, 0.3) is 6.08 Å². The molecule has 1 aromatic carbocycles. The van der Waals surface area contributed by atoms with Crippen molar-refractivity contribution in [2.24, 2.45) is 4.99 Å². The molecule has 2 heterocycles. The van der Waals surface area contributed by atoms with Gasteiger partial charge in [0.15, 0.2) is 5.84 Å². The highest BCUT2D eigenvalue weighted by atomic mass is 35.5. The van der Waals surface area contributed by atoms with Crippen molar-refractivity contribution in [3.63, 3.8) is 0 Å². The van der Waals surface area contributed by atoms with E-state index in [4.69, 9.17) is 11.6 Å². The lowest BCUT2D eigenvalue weighted by molar-refractivity contribution is -0.115. The minimum Gasteiger partial charge on any atom is -0.303 e. The number of amidine groups is 1. The quantitative estimate of drug-likeness (QED) is 0.862. The topological polar surface area (TPSA) is 54.4 Å². The van der Waals surface area contributed by atoms with Crippen LogP contribution >= 0.6 is 11.6 Å². The molecule has 1 aromatic heterocycles. The first-order valence-corrected chi connectivity index (χ1v) is 6.39. The summed E-state index contributed by atoms with van der Waals surface area (Å²) in [5.74, 6) is 0.233. The van der Waals surface area contributed by atoms with Crippen molar-refractivity contribution < 1.29 is 4.79 Å². The maximum Gasteiger partial charge on any atom is 0.275 e. The molecule has 1 aliphatic rings. The van der Waals surface area contributed by atoms with Crippen LogP contribution in [0, 0.1) is 0 Å². The molecule has 0 fully saturated rings. The fourth-order valence-electron chi connectivity index (χ4n) is 1.81. The monoisotopic (exact) mass is 283 g/mol. The van der Waals surface area contributed by atoms with Gasteiger partial charge >= 0.3 is 0 Å². The van der Waals surface area contributed by atoms with E-state index in [1.54, 1.807) is 30.5 Å². The summed E-state index contributed by atoms with van der Waals surface area (Å²) >= 11 is 5.82. The van der Waals surface area contributed by atoms with Gasteiger partial charge in [0.1, 0.15) is 11.4 Å². The van der Waals surface area contributed by atoms with Gasteiger partial charge in [-0.3, -0.25) is 9.78 Å².